The molecule has 2 aliphatic rings. The number of ether oxygens (including phenoxy) is 4. The van der Waals surface area contributed by atoms with Gasteiger partial charge in [-0.05, 0) is 63.9 Å². The number of benzene rings is 1. The van der Waals surface area contributed by atoms with E-state index >= 15 is 8.78 Å². The first-order chi connectivity index (χ1) is 22.4. The number of thioether (sulfide) groups is 1. The highest BCUT2D eigenvalue weighted by molar-refractivity contribution is 8.15. The average molecular weight is 701 g/mol. The maximum atomic E-state index is 15.8. The summed E-state index contributed by atoms with van der Waals surface area (Å²) in [5.74, 6) is 0.116. The van der Waals surface area contributed by atoms with Gasteiger partial charge in [-0.25, -0.2) is 28.4 Å². The van der Waals surface area contributed by atoms with E-state index in [-0.39, 0.29) is 35.6 Å². The quantitative estimate of drug-likeness (QED) is 0.0813. The van der Waals surface area contributed by atoms with Gasteiger partial charge >= 0.3 is 12.1 Å². The highest BCUT2D eigenvalue weighted by Crippen LogP contribution is 2.67. The van der Waals surface area contributed by atoms with E-state index in [4.69, 9.17) is 30.4 Å². The third-order valence-corrected chi connectivity index (χ3v) is 11.0. The molecule has 0 unspecified atom stereocenters. The summed E-state index contributed by atoms with van der Waals surface area (Å²) in [6.45, 7) is 13.8. The van der Waals surface area contributed by atoms with Gasteiger partial charge < -0.3 is 18.9 Å². The molecule has 1 aliphatic carbocycles. The molecule has 48 heavy (non-hydrogen) atoms. The first kappa shape index (κ1) is 37.0. The number of carbonyl (C=O) groups excluding carboxylic acids is 2. The largest absolute Gasteiger partial charge is 0.468 e. The Morgan fingerprint density at radius 3 is 2.56 bits per heavy atom. The molecule has 10 nitrogen and oxygen atoms in total. The number of amidine groups is 1. The number of methoxy groups -OCH3 is 1. The van der Waals surface area contributed by atoms with Crippen LogP contribution >= 0.6 is 11.8 Å². The van der Waals surface area contributed by atoms with Crippen molar-refractivity contribution in [1.82, 2.24) is 14.9 Å². The van der Waals surface area contributed by atoms with Crippen LogP contribution in [0.1, 0.15) is 50.9 Å². The Morgan fingerprint density at radius 2 is 1.96 bits per heavy atom. The minimum Gasteiger partial charge on any atom is -0.468 e. The van der Waals surface area contributed by atoms with Crippen LogP contribution in [0.3, 0.4) is 0 Å². The zero-order chi connectivity index (χ0) is 35.5. The molecular weight excluding hydrogens is 659 g/mol. The minimum absolute atomic E-state index is 0.00834. The third-order valence-electron chi connectivity index (χ3n) is 7.79. The van der Waals surface area contributed by atoms with E-state index in [0.29, 0.717) is 18.6 Å². The van der Waals surface area contributed by atoms with Crippen molar-refractivity contribution in [1.29, 1.82) is 0 Å². The maximum absolute atomic E-state index is 15.8. The molecule has 1 aliphatic heterocycles. The highest BCUT2D eigenvalue weighted by Gasteiger charge is 2.72. The van der Waals surface area contributed by atoms with Gasteiger partial charge in [-0.1, -0.05) is 43.4 Å². The van der Waals surface area contributed by atoms with Gasteiger partial charge in [0.1, 0.15) is 28.6 Å². The lowest BCUT2D eigenvalue weighted by Crippen LogP contribution is -2.47. The van der Waals surface area contributed by atoms with E-state index in [0.717, 1.165) is 17.8 Å². The number of halogens is 2. The fourth-order valence-electron chi connectivity index (χ4n) is 5.18. The maximum Gasteiger partial charge on any atom is 0.418 e. The Kier molecular flexibility index (Phi) is 11.1. The summed E-state index contributed by atoms with van der Waals surface area (Å²) in [7, 11) is -0.155. The zero-order valence-electron chi connectivity index (χ0n) is 28.6. The molecule has 0 radical (unpaired) electrons. The zero-order valence-corrected chi connectivity index (χ0v) is 30.4. The van der Waals surface area contributed by atoms with Crippen molar-refractivity contribution in [2.75, 3.05) is 27.1 Å². The van der Waals surface area contributed by atoms with E-state index in [2.05, 4.69) is 35.5 Å². The molecule has 1 fully saturated rings. The van der Waals surface area contributed by atoms with Gasteiger partial charge in [0.15, 0.2) is 17.6 Å². The second-order valence-corrected chi connectivity index (χ2v) is 20.9. The van der Waals surface area contributed by atoms with E-state index in [1.807, 2.05) is 0 Å². The molecule has 1 saturated carbocycles. The van der Waals surface area contributed by atoms with Crippen LogP contribution in [-0.4, -0.2) is 77.6 Å². The van der Waals surface area contributed by atoms with Gasteiger partial charge in [-0.3, -0.25) is 9.79 Å². The van der Waals surface area contributed by atoms with Crippen LogP contribution in [0.2, 0.25) is 25.7 Å². The number of hydrogen-bond acceptors (Lipinski definition) is 10. The Morgan fingerprint density at radius 1 is 1.23 bits per heavy atom. The van der Waals surface area contributed by atoms with Gasteiger partial charge in [0.2, 0.25) is 5.88 Å². The molecule has 2 heterocycles. The summed E-state index contributed by atoms with van der Waals surface area (Å²) in [4.78, 5) is 41.1. The molecule has 1 aromatic carbocycles. The molecule has 258 valence electrons. The monoisotopic (exact) mass is 700 g/mol. The summed E-state index contributed by atoms with van der Waals surface area (Å²) in [6, 6.07) is 4.97. The molecule has 1 aromatic heterocycles. The summed E-state index contributed by atoms with van der Waals surface area (Å²) >= 11 is 1.09. The van der Waals surface area contributed by atoms with Crippen molar-refractivity contribution in [3.8, 4) is 18.2 Å². The topological polar surface area (TPSA) is 112 Å². The van der Waals surface area contributed by atoms with Crippen molar-refractivity contribution in [2.45, 2.75) is 75.7 Å². The predicted molar refractivity (Wildman–Crippen MR) is 184 cm³/mol. The molecule has 2 aromatic rings. The Balaban J connectivity index is 1.74. The fourth-order valence-corrected chi connectivity index (χ4v) is 7.53. The number of carbonyl (C=O) groups is 2. The van der Waals surface area contributed by atoms with Crippen LogP contribution in [0, 0.1) is 24.1 Å². The summed E-state index contributed by atoms with van der Waals surface area (Å²) in [5, 5.41) is 0.132. The molecule has 14 heteroatoms. The average Bonchev–Trinajstić information content (AvgIpc) is 3.76. The summed E-state index contributed by atoms with van der Waals surface area (Å²) in [6.07, 6.45) is 8.41. The fraction of sp³-hybridized carbons (Fsp3) is 0.500. The Bertz CT molecular complexity index is 1640. The minimum atomic E-state index is -1.44. The number of amides is 1. The van der Waals surface area contributed by atoms with Crippen molar-refractivity contribution >= 4 is 49.0 Å². The first-order valence-electron chi connectivity index (χ1n) is 15.4. The smallest absolute Gasteiger partial charge is 0.418 e. The van der Waals surface area contributed by atoms with Crippen LogP contribution in [-0.2, 0) is 24.5 Å². The molecule has 1 amide bonds. The van der Waals surface area contributed by atoms with Crippen molar-refractivity contribution in [2.24, 2.45) is 10.9 Å². The summed E-state index contributed by atoms with van der Waals surface area (Å²) in [5.41, 5.74) is -1.82. The van der Waals surface area contributed by atoms with Gasteiger partial charge in [0.25, 0.3) is 0 Å². The number of nitrogens with zero attached hydrogens (tertiary/aromatic N) is 4. The first-order valence-corrected chi connectivity index (χ1v) is 20.0. The SMILES string of the molecule is C#CCOc1cnc(/C(F)=C/c2ccc(F)c([C@@]3(C)N=C(N(COCC[Si](C)(C)C)C(=O)OC(C)(C)C)S[C@@]4(C(=O)OC)C[C@H]43)c2)cn1. The molecule has 4 rings (SSSR count). The molecule has 0 spiro atoms. The van der Waals surface area contributed by atoms with Crippen molar-refractivity contribution in [3.05, 3.63) is 53.2 Å². The third kappa shape index (κ3) is 8.61. The second-order valence-electron chi connectivity index (χ2n) is 14.0. The van der Waals surface area contributed by atoms with Crippen LogP contribution in [0.5, 0.6) is 5.88 Å². The predicted octanol–water partition coefficient (Wildman–Crippen LogP) is 6.89. The van der Waals surface area contributed by atoms with E-state index < -0.39 is 53.6 Å². The Labute approximate surface area is 285 Å². The lowest BCUT2D eigenvalue weighted by atomic mass is 9.84. The van der Waals surface area contributed by atoms with Crippen LogP contribution in [0.15, 0.2) is 35.6 Å². The van der Waals surface area contributed by atoms with Crippen molar-refractivity contribution in [3.63, 3.8) is 0 Å². The van der Waals surface area contributed by atoms with Gasteiger partial charge in [0, 0.05) is 26.2 Å². The standard InChI is InChI=1S/C34H42F2N4O6SSi/c1-10-13-45-28-20-37-26(19-38-28)25(36)17-22-11-12-24(35)23(16-22)33(5)27-18-34(27,29(41)43-6)47-30(39-33)40(31(42)46-32(2,3)4)21-44-14-15-48(7,8)9/h1,11-12,16-17,19-20,27H,13-15,18,21H2,2-9H3/b25-17-/t27-,33+,34-/m0/s1. The number of aliphatic imine (C=N–C) groups is 1. The molecule has 0 saturated heterocycles. The lowest BCUT2D eigenvalue weighted by Gasteiger charge is -2.37. The van der Waals surface area contributed by atoms with Crippen molar-refractivity contribution < 1.29 is 37.3 Å². The number of hydrogen-bond donors (Lipinski definition) is 0. The molecule has 0 bridgehead atoms. The number of fused-ring (bicyclic) bond motifs is 1. The molecule has 3 atom stereocenters. The van der Waals surface area contributed by atoms with Crippen LogP contribution < -0.4 is 4.74 Å². The van der Waals surface area contributed by atoms with Crippen LogP contribution in [0.4, 0.5) is 13.6 Å². The van der Waals surface area contributed by atoms with E-state index in [9.17, 15) is 9.59 Å². The van der Waals surface area contributed by atoms with Gasteiger partial charge in [-0.15, -0.1) is 6.42 Å². The van der Waals surface area contributed by atoms with E-state index in [1.54, 1.807) is 27.7 Å². The number of esters is 1. The number of terminal acetylenes is 1. The van der Waals surface area contributed by atoms with Gasteiger partial charge in [-0.2, -0.15) is 0 Å². The highest BCUT2D eigenvalue weighted by atomic mass is 32.2. The lowest BCUT2D eigenvalue weighted by molar-refractivity contribution is -0.141. The molecule has 0 N–H and O–H groups in total. The number of rotatable bonds is 11. The normalized spacial score (nSPS) is 22.1. The Hall–Kier alpha value is -3.80. The second kappa shape index (κ2) is 14.4. The van der Waals surface area contributed by atoms with E-state index in [1.165, 1.54) is 48.7 Å². The number of aromatic nitrogens is 2. The van der Waals surface area contributed by atoms with Crippen LogP contribution in [0.25, 0.3) is 11.9 Å². The summed E-state index contributed by atoms with van der Waals surface area (Å²) < 4.78 is 52.0. The van der Waals surface area contributed by atoms with Gasteiger partial charge in [0.05, 0.1) is 25.0 Å². The molecular formula is C34H42F2N4O6SSi.